The zero-order valence-electron chi connectivity index (χ0n) is 11.7. The molecule has 1 aromatic carbocycles. The third kappa shape index (κ3) is 3.71. The molecule has 7 nitrogen and oxygen atoms in total. The number of rotatable bonds is 3. The first kappa shape index (κ1) is 15.3. The van der Waals surface area contributed by atoms with E-state index >= 15 is 0 Å². The van der Waals surface area contributed by atoms with Crippen LogP contribution < -0.4 is 5.32 Å². The van der Waals surface area contributed by atoms with Crippen molar-refractivity contribution in [3.8, 4) is 0 Å². The number of urea groups is 1. The average Bonchev–Trinajstić information content (AvgIpc) is 2.48. The van der Waals surface area contributed by atoms with E-state index in [1.165, 1.54) is 12.1 Å². The van der Waals surface area contributed by atoms with Gasteiger partial charge in [0, 0.05) is 5.69 Å². The van der Waals surface area contributed by atoms with Gasteiger partial charge in [-0.25, -0.2) is 9.59 Å². The largest absolute Gasteiger partial charge is 0.478 e. The van der Waals surface area contributed by atoms with Gasteiger partial charge in [0.15, 0.2) is 0 Å². The number of nitrogens with one attached hydrogen (secondary N) is 1. The summed E-state index contributed by atoms with van der Waals surface area (Å²) >= 11 is 0. The van der Waals surface area contributed by atoms with Crippen LogP contribution in [0.2, 0.25) is 0 Å². The molecule has 7 heteroatoms. The van der Waals surface area contributed by atoms with Crippen LogP contribution in [0.1, 0.15) is 17.3 Å². The van der Waals surface area contributed by atoms with E-state index < -0.39 is 12.1 Å². The molecule has 1 fully saturated rings. The van der Waals surface area contributed by atoms with E-state index in [0.29, 0.717) is 18.8 Å². The Bertz CT molecular complexity index is 534. The Morgan fingerprint density at radius 2 is 2.24 bits per heavy atom. The number of carboxylic acid groups (broad SMARTS) is 1. The van der Waals surface area contributed by atoms with Crippen molar-refractivity contribution in [2.45, 2.75) is 19.1 Å². The minimum atomic E-state index is -1.05. The van der Waals surface area contributed by atoms with Crippen molar-refractivity contribution in [2.24, 2.45) is 0 Å². The number of hydrogen-bond donors (Lipinski definition) is 3. The first-order valence-corrected chi connectivity index (χ1v) is 6.64. The van der Waals surface area contributed by atoms with E-state index in [9.17, 15) is 9.59 Å². The molecule has 2 unspecified atom stereocenters. The minimum absolute atomic E-state index is 0.107. The lowest BCUT2D eigenvalue weighted by Crippen LogP contribution is -2.53. The highest BCUT2D eigenvalue weighted by atomic mass is 16.5. The van der Waals surface area contributed by atoms with Crippen LogP contribution in [0.25, 0.3) is 0 Å². The molecule has 2 rings (SSSR count). The molecule has 2 amide bonds. The molecule has 0 spiro atoms. The summed E-state index contributed by atoms with van der Waals surface area (Å²) in [6, 6.07) is 5.59. The van der Waals surface area contributed by atoms with Gasteiger partial charge in [0.2, 0.25) is 0 Å². The van der Waals surface area contributed by atoms with E-state index in [4.69, 9.17) is 14.9 Å². The van der Waals surface area contributed by atoms with Gasteiger partial charge in [0.05, 0.1) is 37.5 Å². The number of morpholine rings is 1. The van der Waals surface area contributed by atoms with Crippen LogP contribution in [0.3, 0.4) is 0 Å². The molecule has 1 aliphatic rings. The molecule has 2 atom stereocenters. The van der Waals surface area contributed by atoms with Crippen molar-refractivity contribution in [2.75, 3.05) is 25.1 Å². The van der Waals surface area contributed by atoms with Gasteiger partial charge in [-0.2, -0.15) is 0 Å². The van der Waals surface area contributed by atoms with E-state index in [2.05, 4.69) is 5.32 Å². The standard InChI is InChI=1S/C14H18N2O5/c1-9-8-21-12(7-17)6-16(9)14(20)15-11-4-2-3-10(5-11)13(18)19/h2-5,9,12,17H,6-8H2,1H3,(H,15,20)(H,18,19). The summed E-state index contributed by atoms with van der Waals surface area (Å²) in [6.07, 6.45) is -0.391. The number of aromatic carboxylic acids is 1. The van der Waals surface area contributed by atoms with Gasteiger partial charge in [0.25, 0.3) is 0 Å². The second-order valence-corrected chi connectivity index (χ2v) is 4.96. The monoisotopic (exact) mass is 294 g/mol. The predicted molar refractivity (Wildman–Crippen MR) is 75.4 cm³/mol. The summed E-state index contributed by atoms with van der Waals surface area (Å²) in [5, 5.41) is 20.7. The Kier molecular flexibility index (Phi) is 4.77. The number of aliphatic hydroxyl groups excluding tert-OH is 1. The summed E-state index contributed by atoms with van der Waals surface area (Å²) in [5.74, 6) is -1.05. The fourth-order valence-electron chi connectivity index (χ4n) is 2.14. The maximum absolute atomic E-state index is 12.3. The van der Waals surface area contributed by atoms with Crippen LogP contribution in [0.15, 0.2) is 24.3 Å². The first-order chi connectivity index (χ1) is 10.0. The lowest BCUT2D eigenvalue weighted by molar-refractivity contribution is -0.0611. The van der Waals surface area contributed by atoms with Gasteiger partial charge in [-0.15, -0.1) is 0 Å². The fourth-order valence-corrected chi connectivity index (χ4v) is 2.14. The molecule has 1 heterocycles. The van der Waals surface area contributed by atoms with Crippen molar-refractivity contribution in [3.05, 3.63) is 29.8 Å². The van der Waals surface area contributed by atoms with Gasteiger partial charge >= 0.3 is 12.0 Å². The Morgan fingerprint density at radius 1 is 1.48 bits per heavy atom. The highest BCUT2D eigenvalue weighted by Crippen LogP contribution is 2.15. The number of aliphatic hydroxyl groups is 1. The Morgan fingerprint density at radius 3 is 2.90 bits per heavy atom. The van der Waals surface area contributed by atoms with Crippen LogP contribution in [0, 0.1) is 0 Å². The summed E-state index contributed by atoms with van der Waals surface area (Å²) in [6.45, 7) is 2.35. The van der Waals surface area contributed by atoms with Gasteiger partial charge in [0.1, 0.15) is 0 Å². The molecule has 0 saturated carbocycles. The molecule has 1 aliphatic heterocycles. The number of carboxylic acids is 1. The van der Waals surface area contributed by atoms with Gasteiger partial charge in [-0.1, -0.05) is 6.07 Å². The predicted octanol–water partition coefficient (Wildman–Crippen LogP) is 0.998. The highest BCUT2D eigenvalue weighted by molar-refractivity contribution is 5.93. The van der Waals surface area contributed by atoms with E-state index in [0.717, 1.165) is 0 Å². The second kappa shape index (κ2) is 6.55. The SMILES string of the molecule is CC1COC(CO)CN1C(=O)Nc1cccc(C(=O)O)c1. The van der Waals surface area contributed by atoms with Crippen LogP contribution in [0.5, 0.6) is 0 Å². The van der Waals surface area contributed by atoms with Crippen molar-refractivity contribution >= 4 is 17.7 Å². The number of hydrogen-bond acceptors (Lipinski definition) is 4. The molecule has 0 bridgehead atoms. The van der Waals surface area contributed by atoms with Gasteiger partial charge < -0.3 is 25.2 Å². The quantitative estimate of drug-likeness (QED) is 0.772. The Balaban J connectivity index is 2.06. The summed E-state index contributed by atoms with van der Waals surface area (Å²) in [4.78, 5) is 24.7. The summed E-state index contributed by atoms with van der Waals surface area (Å²) in [7, 11) is 0. The van der Waals surface area contributed by atoms with Crippen LogP contribution in [0.4, 0.5) is 10.5 Å². The van der Waals surface area contributed by atoms with E-state index in [-0.39, 0.29) is 24.2 Å². The normalized spacial score (nSPS) is 21.9. The third-order valence-electron chi connectivity index (χ3n) is 3.33. The molecule has 21 heavy (non-hydrogen) atoms. The van der Waals surface area contributed by atoms with Gasteiger partial charge in [-0.05, 0) is 25.1 Å². The number of benzene rings is 1. The van der Waals surface area contributed by atoms with Crippen molar-refractivity contribution in [1.29, 1.82) is 0 Å². The average molecular weight is 294 g/mol. The highest BCUT2D eigenvalue weighted by Gasteiger charge is 2.29. The number of amides is 2. The summed E-state index contributed by atoms with van der Waals surface area (Å²) in [5.41, 5.74) is 0.523. The minimum Gasteiger partial charge on any atom is -0.478 e. The van der Waals surface area contributed by atoms with Crippen molar-refractivity contribution in [1.82, 2.24) is 4.90 Å². The number of carbonyl (C=O) groups excluding carboxylic acids is 1. The van der Waals surface area contributed by atoms with Crippen LogP contribution in [-0.2, 0) is 4.74 Å². The van der Waals surface area contributed by atoms with E-state index in [1.54, 1.807) is 17.0 Å². The van der Waals surface area contributed by atoms with Crippen molar-refractivity contribution in [3.63, 3.8) is 0 Å². The number of anilines is 1. The molecule has 1 aromatic rings. The number of ether oxygens (including phenoxy) is 1. The Labute approximate surface area is 122 Å². The smallest absolute Gasteiger partial charge is 0.335 e. The number of carbonyl (C=O) groups is 2. The summed E-state index contributed by atoms with van der Waals surface area (Å²) < 4.78 is 5.37. The van der Waals surface area contributed by atoms with Gasteiger partial charge in [-0.3, -0.25) is 0 Å². The molecule has 0 radical (unpaired) electrons. The second-order valence-electron chi connectivity index (χ2n) is 4.96. The maximum Gasteiger partial charge on any atom is 0.335 e. The maximum atomic E-state index is 12.3. The lowest BCUT2D eigenvalue weighted by atomic mass is 10.2. The van der Waals surface area contributed by atoms with Crippen molar-refractivity contribution < 1.29 is 24.5 Å². The molecular formula is C14H18N2O5. The molecular weight excluding hydrogens is 276 g/mol. The Hall–Kier alpha value is -2.12. The zero-order valence-corrected chi connectivity index (χ0v) is 11.7. The molecule has 0 aliphatic carbocycles. The molecule has 0 aromatic heterocycles. The first-order valence-electron chi connectivity index (χ1n) is 6.64. The molecule has 3 N–H and O–H groups in total. The van der Waals surface area contributed by atoms with Crippen LogP contribution in [-0.4, -0.2) is 59.0 Å². The third-order valence-corrected chi connectivity index (χ3v) is 3.33. The molecule has 1 saturated heterocycles. The van der Waals surface area contributed by atoms with Crippen LogP contribution >= 0.6 is 0 Å². The molecule has 114 valence electrons. The topological polar surface area (TPSA) is 99.1 Å². The zero-order chi connectivity index (χ0) is 15.4. The fraction of sp³-hybridized carbons (Fsp3) is 0.429. The van der Waals surface area contributed by atoms with E-state index in [1.807, 2.05) is 6.92 Å². The lowest BCUT2D eigenvalue weighted by Gasteiger charge is -2.37. The number of nitrogens with zero attached hydrogens (tertiary/aromatic N) is 1.